The minimum Gasteiger partial charge on any atom is -0.139 e. The van der Waals surface area contributed by atoms with Crippen molar-refractivity contribution in [3.05, 3.63) is 18.0 Å². The van der Waals surface area contributed by atoms with Gasteiger partial charge >= 0.3 is 0 Å². The maximum Gasteiger partial charge on any atom is 0.0664 e. The van der Waals surface area contributed by atoms with Crippen LogP contribution in [0.3, 0.4) is 0 Å². The van der Waals surface area contributed by atoms with Crippen molar-refractivity contribution in [2.75, 3.05) is 0 Å². The van der Waals surface area contributed by atoms with E-state index in [0.717, 1.165) is 12.1 Å². The number of aromatic nitrogens is 3. The highest BCUT2D eigenvalue weighted by molar-refractivity contribution is 4.94. The smallest absolute Gasteiger partial charge is 0.0664 e. The lowest BCUT2D eigenvalue weighted by molar-refractivity contribution is 0.562. The van der Waals surface area contributed by atoms with Crippen LogP contribution < -0.4 is 0 Å². The number of aryl methyl sites for hydroxylation is 1. The lowest BCUT2D eigenvalue weighted by Crippen LogP contribution is -1.94. The Morgan fingerprint density at radius 1 is 0.882 bits per heavy atom. The third-order valence-corrected chi connectivity index (χ3v) is 3.09. The normalized spacial score (nSPS) is 10.6. The maximum atomic E-state index is 3.99. The van der Waals surface area contributed by atoms with Crippen LogP contribution in [-0.4, -0.2) is 15.4 Å². The second-order valence-electron chi connectivity index (χ2n) is 4.69. The van der Waals surface area contributed by atoms with Crippen LogP contribution in [0.25, 0.3) is 0 Å². The van der Waals surface area contributed by atoms with Gasteiger partial charge in [0.2, 0.25) is 0 Å². The van der Waals surface area contributed by atoms with Gasteiger partial charge in [0, 0.05) is 0 Å². The van der Waals surface area contributed by atoms with Crippen molar-refractivity contribution in [2.24, 2.45) is 0 Å². The molecule has 0 spiro atoms. The van der Waals surface area contributed by atoms with E-state index < -0.39 is 0 Å². The molecule has 1 aromatic heterocycles. The number of hydrogen-bond acceptors (Lipinski definition) is 3. The molecule has 0 bridgehead atoms. The molecule has 0 saturated carbocycles. The summed E-state index contributed by atoms with van der Waals surface area (Å²) in [5.41, 5.74) is 1.07. The first-order chi connectivity index (χ1) is 8.43. The molecule has 3 heteroatoms. The van der Waals surface area contributed by atoms with E-state index in [1.807, 2.05) is 6.07 Å². The van der Waals surface area contributed by atoms with Gasteiger partial charge in [-0.15, -0.1) is 10.2 Å². The molecule has 0 N–H and O–H groups in total. The average Bonchev–Trinajstić information content (AvgIpc) is 2.38. The molecular weight excluding hydrogens is 210 g/mol. The van der Waals surface area contributed by atoms with Gasteiger partial charge in [-0.1, -0.05) is 58.3 Å². The van der Waals surface area contributed by atoms with Crippen molar-refractivity contribution in [3.63, 3.8) is 0 Å². The SMILES string of the molecule is CCCCCCCCCCCc1ccnnn1. The minimum absolute atomic E-state index is 1.05. The van der Waals surface area contributed by atoms with Crippen LogP contribution >= 0.6 is 0 Å². The Hall–Kier alpha value is -0.990. The second-order valence-corrected chi connectivity index (χ2v) is 4.69. The predicted octanol–water partition coefficient (Wildman–Crippen LogP) is 3.94. The van der Waals surface area contributed by atoms with Gasteiger partial charge in [0.25, 0.3) is 0 Å². The Labute approximate surface area is 105 Å². The fourth-order valence-corrected chi connectivity index (χ4v) is 2.02. The number of rotatable bonds is 10. The number of hydrogen-bond donors (Lipinski definition) is 0. The number of unbranched alkanes of at least 4 members (excludes halogenated alkanes) is 8. The fraction of sp³-hybridized carbons (Fsp3) is 0.786. The summed E-state index contributed by atoms with van der Waals surface area (Å²) < 4.78 is 0. The molecule has 0 radical (unpaired) electrons. The van der Waals surface area contributed by atoms with Gasteiger partial charge in [-0.25, -0.2) is 0 Å². The zero-order valence-electron chi connectivity index (χ0n) is 11.1. The molecule has 0 aliphatic rings. The monoisotopic (exact) mass is 235 g/mol. The summed E-state index contributed by atoms with van der Waals surface area (Å²) in [6.07, 6.45) is 15.1. The van der Waals surface area contributed by atoms with E-state index >= 15 is 0 Å². The first-order valence-electron chi connectivity index (χ1n) is 7.06. The Bertz CT molecular complexity index is 261. The van der Waals surface area contributed by atoms with Gasteiger partial charge in [-0.3, -0.25) is 0 Å². The molecule has 96 valence electrons. The van der Waals surface area contributed by atoms with Gasteiger partial charge in [0.15, 0.2) is 0 Å². The van der Waals surface area contributed by atoms with Gasteiger partial charge in [-0.05, 0) is 24.1 Å². The zero-order chi connectivity index (χ0) is 12.2. The van der Waals surface area contributed by atoms with Gasteiger partial charge in [-0.2, -0.15) is 0 Å². The van der Waals surface area contributed by atoms with E-state index in [-0.39, 0.29) is 0 Å². The molecule has 0 aliphatic carbocycles. The standard InChI is InChI=1S/C14H25N3/c1-2-3-4-5-6-7-8-9-10-11-14-12-13-15-17-16-14/h12-13H,2-11H2,1H3. The van der Waals surface area contributed by atoms with Crippen LogP contribution in [0, 0.1) is 0 Å². The van der Waals surface area contributed by atoms with Crippen LogP contribution in [0.1, 0.15) is 70.4 Å². The fourth-order valence-electron chi connectivity index (χ4n) is 2.02. The molecule has 0 saturated heterocycles. The molecule has 3 nitrogen and oxygen atoms in total. The topological polar surface area (TPSA) is 38.7 Å². The molecular formula is C14H25N3. The highest BCUT2D eigenvalue weighted by Gasteiger charge is 1.95. The van der Waals surface area contributed by atoms with Crippen LogP contribution in [0.5, 0.6) is 0 Å². The Kier molecular flexibility index (Phi) is 8.43. The lowest BCUT2D eigenvalue weighted by atomic mass is 10.1. The lowest BCUT2D eigenvalue weighted by Gasteiger charge is -2.01. The highest BCUT2D eigenvalue weighted by Crippen LogP contribution is 2.10. The second kappa shape index (κ2) is 10.2. The first-order valence-corrected chi connectivity index (χ1v) is 7.06. The Balaban J connectivity index is 1.85. The van der Waals surface area contributed by atoms with Crippen molar-refractivity contribution in [2.45, 2.75) is 71.1 Å². The van der Waals surface area contributed by atoms with E-state index in [9.17, 15) is 0 Å². The van der Waals surface area contributed by atoms with Crippen LogP contribution in [0.15, 0.2) is 12.3 Å². The van der Waals surface area contributed by atoms with Crippen LogP contribution in [0.4, 0.5) is 0 Å². The summed E-state index contributed by atoms with van der Waals surface area (Å²) in [7, 11) is 0. The van der Waals surface area contributed by atoms with E-state index in [1.165, 1.54) is 57.8 Å². The molecule has 0 unspecified atom stereocenters. The molecule has 0 amide bonds. The quantitative estimate of drug-likeness (QED) is 0.576. The van der Waals surface area contributed by atoms with E-state index in [0.29, 0.717) is 0 Å². The molecule has 0 aliphatic heterocycles. The maximum absolute atomic E-state index is 3.99. The largest absolute Gasteiger partial charge is 0.139 e. The average molecular weight is 235 g/mol. The molecule has 0 fully saturated rings. The summed E-state index contributed by atoms with van der Waals surface area (Å²) in [5.74, 6) is 0. The van der Waals surface area contributed by atoms with Gasteiger partial charge < -0.3 is 0 Å². The summed E-state index contributed by atoms with van der Waals surface area (Å²) in [6, 6.07) is 1.96. The third kappa shape index (κ3) is 7.83. The number of nitrogens with zero attached hydrogens (tertiary/aromatic N) is 3. The Morgan fingerprint density at radius 2 is 1.53 bits per heavy atom. The molecule has 1 heterocycles. The van der Waals surface area contributed by atoms with Crippen molar-refractivity contribution < 1.29 is 0 Å². The minimum atomic E-state index is 1.05. The van der Waals surface area contributed by atoms with E-state index in [2.05, 4.69) is 22.3 Å². The molecule has 1 rings (SSSR count). The van der Waals surface area contributed by atoms with Crippen molar-refractivity contribution in [1.82, 2.24) is 15.4 Å². The molecule has 0 atom stereocenters. The van der Waals surface area contributed by atoms with Gasteiger partial charge in [0.1, 0.15) is 0 Å². The summed E-state index contributed by atoms with van der Waals surface area (Å²) in [5, 5.41) is 11.3. The van der Waals surface area contributed by atoms with Crippen molar-refractivity contribution in [3.8, 4) is 0 Å². The summed E-state index contributed by atoms with van der Waals surface area (Å²) >= 11 is 0. The molecule has 0 aromatic carbocycles. The highest BCUT2D eigenvalue weighted by atomic mass is 15.3. The van der Waals surface area contributed by atoms with Crippen LogP contribution in [0.2, 0.25) is 0 Å². The van der Waals surface area contributed by atoms with Gasteiger partial charge in [0.05, 0.1) is 11.9 Å². The first kappa shape index (κ1) is 14.1. The van der Waals surface area contributed by atoms with Crippen molar-refractivity contribution >= 4 is 0 Å². The van der Waals surface area contributed by atoms with Crippen LogP contribution in [-0.2, 0) is 6.42 Å². The Morgan fingerprint density at radius 3 is 2.12 bits per heavy atom. The summed E-state index contributed by atoms with van der Waals surface area (Å²) in [6.45, 7) is 2.27. The van der Waals surface area contributed by atoms with E-state index in [1.54, 1.807) is 6.20 Å². The zero-order valence-corrected chi connectivity index (χ0v) is 11.1. The summed E-state index contributed by atoms with van der Waals surface area (Å²) in [4.78, 5) is 0. The molecule has 1 aromatic rings. The predicted molar refractivity (Wildman–Crippen MR) is 70.8 cm³/mol. The van der Waals surface area contributed by atoms with E-state index in [4.69, 9.17) is 0 Å². The van der Waals surface area contributed by atoms with Crippen molar-refractivity contribution in [1.29, 1.82) is 0 Å². The third-order valence-electron chi connectivity index (χ3n) is 3.09. The molecule has 17 heavy (non-hydrogen) atoms.